The average Bonchev–Trinajstić information content (AvgIpc) is 2.90. The molecule has 0 aromatic rings. The molecule has 3 aliphatic rings. The first kappa shape index (κ1) is 19.3. The second-order valence-electron chi connectivity index (χ2n) is 8.53. The first-order valence-corrected chi connectivity index (χ1v) is 10.2. The van der Waals surface area contributed by atoms with E-state index >= 15 is 0 Å². The van der Waals surface area contributed by atoms with E-state index in [0.717, 1.165) is 38.5 Å². The summed E-state index contributed by atoms with van der Waals surface area (Å²) in [4.78, 5) is 40.9. The van der Waals surface area contributed by atoms with Crippen LogP contribution in [0.1, 0.15) is 64.2 Å². The Bertz CT molecular complexity index is 531. The van der Waals surface area contributed by atoms with Crippen molar-refractivity contribution in [2.75, 3.05) is 27.2 Å². The molecule has 1 saturated heterocycles. The number of hydrogen-bond donors (Lipinski definition) is 1. The highest BCUT2D eigenvalue weighted by Crippen LogP contribution is 2.38. The molecule has 3 amide bonds. The lowest BCUT2D eigenvalue weighted by molar-refractivity contribution is -0.140. The van der Waals surface area contributed by atoms with E-state index in [-0.39, 0.29) is 48.1 Å². The highest BCUT2D eigenvalue weighted by molar-refractivity contribution is 6.05. The minimum absolute atomic E-state index is 0.0438. The lowest BCUT2D eigenvalue weighted by atomic mass is 9.80. The van der Waals surface area contributed by atoms with Crippen LogP contribution in [0.5, 0.6) is 0 Å². The number of imide groups is 1. The number of fused-ring (bicyclic) bond motifs is 1. The van der Waals surface area contributed by atoms with Crippen LogP contribution in [0.3, 0.4) is 0 Å². The third-order valence-electron chi connectivity index (χ3n) is 6.84. The summed E-state index contributed by atoms with van der Waals surface area (Å²) in [6.45, 7) is 0.872. The standard InChI is InChI=1S/C20H33N3O3/c1-22(2)20(11-6-3-7-12-20)14-21-17(24)10-13-23-18(25)15-8-4-5-9-16(15)19(23)26/h15-16H,3-14H2,1-2H3,(H,21,24)/t15-,16-/m0/s1. The molecule has 0 bridgehead atoms. The fourth-order valence-electron chi connectivity index (χ4n) is 5.01. The van der Waals surface area contributed by atoms with Gasteiger partial charge in [-0.15, -0.1) is 0 Å². The van der Waals surface area contributed by atoms with Crippen LogP contribution in [0.15, 0.2) is 0 Å². The van der Waals surface area contributed by atoms with Crippen LogP contribution in [0.25, 0.3) is 0 Å². The van der Waals surface area contributed by atoms with Gasteiger partial charge in [0.25, 0.3) is 0 Å². The van der Waals surface area contributed by atoms with Gasteiger partial charge in [0, 0.05) is 25.0 Å². The summed E-state index contributed by atoms with van der Waals surface area (Å²) in [7, 11) is 4.17. The molecule has 2 aliphatic carbocycles. The lowest BCUT2D eigenvalue weighted by Crippen LogP contribution is -2.54. The molecule has 0 radical (unpaired) electrons. The molecule has 2 saturated carbocycles. The molecule has 6 heteroatoms. The van der Waals surface area contributed by atoms with E-state index < -0.39 is 0 Å². The predicted molar refractivity (Wildman–Crippen MR) is 99.3 cm³/mol. The Morgan fingerprint density at radius 2 is 1.62 bits per heavy atom. The maximum absolute atomic E-state index is 12.5. The number of carbonyl (C=O) groups excluding carboxylic acids is 3. The summed E-state index contributed by atoms with van der Waals surface area (Å²) in [5.41, 5.74) is 0.0438. The van der Waals surface area contributed by atoms with Gasteiger partial charge in [-0.05, 0) is 39.8 Å². The molecule has 2 atom stereocenters. The number of nitrogens with one attached hydrogen (secondary N) is 1. The Hall–Kier alpha value is -1.43. The molecule has 1 heterocycles. The quantitative estimate of drug-likeness (QED) is 0.732. The van der Waals surface area contributed by atoms with Gasteiger partial charge in [0.1, 0.15) is 0 Å². The van der Waals surface area contributed by atoms with Crippen molar-refractivity contribution in [3.8, 4) is 0 Å². The first-order valence-electron chi connectivity index (χ1n) is 10.2. The molecule has 146 valence electrons. The zero-order valence-electron chi connectivity index (χ0n) is 16.3. The Kier molecular flexibility index (Phi) is 6.00. The molecule has 3 rings (SSSR count). The van der Waals surface area contributed by atoms with E-state index in [0.29, 0.717) is 6.54 Å². The summed E-state index contributed by atoms with van der Waals surface area (Å²) in [6, 6.07) is 0. The second-order valence-corrected chi connectivity index (χ2v) is 8.53. The maximum atomic E-state index is 12.5. The number of amides is 3. The van der Waals surface area contributed by atoms with E-state index in [9.17, 15) is 14.4 Å². The topological polar surface area (TPSA) is 69.7 Å². The largest absolute Gasteiger partial charge is 0.354 e. The fraction of sp³-hybridized carbons (Fsp3) is 0.850. The van der Waals surface area contributed by atoms with Gasteiger partial charge >= 0.3 is 0 Å². The Labute approximate surface area is 156 Å². The first-order chi connectivity index (χ1) is 12.4. The predicted octanol–water partition coefficient (Wildman–Crippen LogP) is 1.93. The van der Waals surface area contributed by atoms with Crippen LogP contribution in [-0.4, -0.2) is 60.2 Å². The molecule has 1 aliphatic heterocycles. The second kappa shape index (κ2) is 8.07. The third-order valence-corrected chi connectivity index (χ3v) is 6.84. The molecule has 0 spiro atoms. The molecule has 26 heavy (non-hydrogen) atoms. The summed E-state index contributed by atoms with van der Waals surface area (Å²) < 4.78 is 0. The Balaban J connectivity index is 1.49. The Morgan fingerprint density at radius 1 is 1.04 bits per heavy atom. The van der Waals surface area contributed by atoms with Gasteiger partial charge in [0.05, 0.1) is 11.8 Å². The van der Waals surface area contributed by atoms with E-state index in [2.05, 4.69) is 24.3 Å². The summed E-state index contributed by atoms with van der Waals surface area (Å²) in [6.07, 6.45) is 9.79. The minimum atomic E-state index is -0.126. The van der Waals surface area contributed by atoms with Crippen LogP contribution in [0.4, 0.5) is 0 Å². The van der Waals surface area contributed by atoms with E-state index in [1.54, 1.807) is 0 Å². The molecule has 0 aromatic carbocycles. The van der Waals surface area contributed by atoms with Crippen LogP contribution in [-0.2, 0) is 14.4 Å². The van der Waals surface area contributed by atoms with Gasteiger partial charge in [0.2, 0.25) is 17.7 Å². The van der Waals surface area contributed by atoms with Gasteiger partial charge in [-0.2, -0.15) is 0 Å². The number of likely N-dealkylation sites (N-methyl/N-ethyl adjacent to an activating group) is 1. The van der Waals surface area contributed by atoms with E-state index in [1.165, 1.54) is 24.2 Å². The van der Waals surface area contributed by atoms with Crippen LogP contribution < -0.4 is 5.32 Å². The van der Waals surface area contributed by atoms with Crippen molar-refractivity contribution in [1.82, 2.24) is 15.1 Å². The average molecular weight is 364 g/mol. The number of hydrogen-bond acceptors (Lipinski definition) is 4. The normalized spacial score (nSPS) is 28.3. The van der Waals surface area contributed by atoms with Gasteiger partial charge in [-0.3, -0.25) is 19.3 Å². The third kappa shape index (κ3) is 3.80. The van der Waals surface area contributed by atoms with Crippen molar-refractivity contribution in [3.63, 3.8) is 0 Å². The van der Waals surface area contributed by atoms with Crippen molar-refractivity contribution >= 4 is 17.7 Å². The molecule has 0 unspecified atom stereocenters. The molecule has 1 N–H and O–H groups in total. The number of likely N-dealkylation sites (tertiary alicyclic amines) is 1. The van der Waals surface area contributed by atoms with Crippen molar-refractivity contribution in [2.24, 2.45) is 11.8 Å². The SMILES string of the molecule is CN(C)C1(CNC(=O)CCN2C(=O)[C@H]3CCCC[C@@H]3C2=O)CCCCC1. The van der Waals surface area contributed by atoms with Gasteiger partial charge < -0.3 is 10.2 Å². The smallest absolute Gasteiger partial charge is 0.233 e. The number of nitrogens with zero attached hydrogens (tertiary/aromatic N) is 2. The van der Waals surface area contributed by atoms with Crippen LogP contribution in [0, 0.1) is 11.8 Å². The summed E-state index contributed by atoms with van der Waals surface area (Å²) >= 11 is 0. The highest BCUT2D eigenvalue weighted by Gasteiger charge is 2.47. The zero-order chi connectivity index (χ0) is 18.7. The molecule has 6 nitrogen and oxygen atoms in total. The van der Waals surface area contributed by atoms with Crippen molar-refractivity contribution in [3.05, 3.63) is 0 Å². The van der Waals surface area contributed by atoms with Gasteiger partial charge in [-0.1, -0.05) is 32.1 Å². The molecule has 0 aromatic heterocycles. The monoisotopic (exact) mass is 363 g/mol. The van der Waals surface area contributed by atoms with Crippen LogP contribution >= 0.6 is 0 Å². The highest BCUT2D eigenvalue weighted by atomic mass is 16.2. The fourth-order valence-corrected chi connectivity index (χ4v) is 5.01. The molecule has 3 fully saturated rings. The molecular formula is C20H33N3O3. The number of rotatable bonds is 6. The van der Waals surface area contributed by atoms with Crippen molar-refractivity contribution in [1.29, 1.82) is 0 Å². The summed E-state index contributed by atoms with van der Waals surface area (Å²) in [5.74, 6) is -0.418. The van der Waals surface area contributed by atoms with Crippen molar-refractivity contribution in [2.45, 2.75) is 69.7 Å². The van der Waals surface area contributed by atoms with Crippen molar-refractivity contribution < 1.29 is 14.4 Å². The van der Waals surface area contributed by atoms with E-state index in [1.807, 2.05) is 0 Å². The summed E-state index contributed by atoms with van der Waals surface area (Å²) in [5, 5.41) is 3.06. The lowest BCUT2D eigenvalue weighted by Gasteiger charge is -2.43. The number of carbonyl (C=O) groups is 3. The maximum Gasteiger partial charge on any atom is 0.233 e. The zero-order valence-corrected chi connectivity index (χ0v) is 16.3. The minimum Gasteiger partial charge on any atom is -0.354 e. The van der Waals surface area contributed by atoms with Gasteiger partial charge in [0.15, 0.2) is 0 Å². The van der Waals surface area contributed by atoms with E-state index in [4.69, 9.17) is 0 Å². The Morgan fingerprint density at radius 3 is 2.15 bits per heavy atom. The molecular weight excluding hydrogens is 330 g/mol. The van der Waals surface area contributed by atoms with Gasteiger partial charge in [-0.25, -0.2) is 0 Å². The van der Waals surface area contributed by atoms with Crippen LogP contribution in [0.2, 0.25) is 0 Å².